The van der Waals surface area contributed by atoms with Crippen molar-refractivity contribution in [3.8, 4) is 17.6 Å². The van der Waals surface area contributed by atoms with Crippen LogP contribution in [0.5, 0.6) is 11.5 Å². The molecule has 0 aliphatic carbocycles. The molecule has 0 radical (unpaired) electrons. The second-order valence-electron chi connectivity index (χ2n) is 3.57. The molecule has 4 heteroatoms. The molecule has 1 aromatic carbocycles. The predicted molar refractivity (Wildman–Crippen MR) is 59.5 cm³/mol. The zero-order valence-corrected chi connectivity index (χ0v) is 9.60. The smallest absolute Gasteiger partial charge is 0.124 e. The molecule has 0 aliphatic heterocycles. The molecule has 0 saturated heterocycles. The Labute approximate surface area is 95.0 Å². The molecule has 0 amide bonds. The molecule has 2 unspecified atom stereocenters. The standard InChI is InChI=1S/C12H15NO3/c1-8(14)9(2)16-12-5-10(7-13)4-11(6-12)15-3/h4-6,8-9,14H,1-3H3. The average molecular weight is 221 g/mol. The molecule has 0 aliphatic rings. The molecular formula is C12H15NO3. The fraction of sp³-hybridized carbons (Fsp3) is 0.417. The van der Waals surface area contributed by atoms with Gasteiger partial charge in [-0.2, -0.15) is 5.26 Å². The van der Waals surface area contributed by atoms with Crippen molar-refractivity contribution in [3.63, 3.8) is 0 Å². The van der Waals surface area contributed by atoms with Gasteiger partial charge in [0.25, 0.3) is 0 Å². The van der Waals surface area contributed by atoms with E-state index in [-0.39, 0.29) is 6.10 Å². The molecule has 1 rings (SSSR count). The summed E-state index contributed by atoms with van der Waals surface area (Å²) in [6.45, 7) is 3.41. The second kappa shape index (κ2) is 5.38. The first-order valence-electron chi connectivity index (χ1n) is 5.00. The monoisotopic (exact) mass is 221 g/mol. The Morgan fingerprint density at radius 3 is 2.38 bits per heavy atom. The van der Waals surface area contributed by atoms with Crippen LogP contribution in [0.3, 0.4) is 0 Å². The largest absolute Gasteiger partial charge is 0.497 e. The molecule has 0 heterocycles. The Hall–Kier alpha value is -1.73. The highest BCUT2D eigenvalue weighted by atomic mass is 16.5. The van der Waals surface area contributed by atoms with Crippen LogP contribution in [-0.4, -0.2) is 24.4 Å². The zero-order chi connectivity index (χ0) is 12.1. The first-order valence-corrected chi connectivity index (χ1v) is 5.00. The van der Waals surface area contributed by atoms with E-state index in [1.54, 1.807) is 32.0 Å². The van der Waals surface area contributed by atoms with Gasteiger partial charge in [0.05, 0.1) is 24.8 Å². The van der Waals surface area contributed by atoms with Crippen LogP contribution in [0.25, 0.3) is 0 Å². The molecule has 86 valence electrons. The Kier molecular flexibility index (Phi) is 4.15. The predicted octanol–water partition coefficient (Wildman–Crippen LogP) is 1.71. The van der Waals surface area contributed by atoms with E-state index in [2.05, 4.69) is 0 Å². The van der Waals surface area contributed by atoms with Gasteiger partial charge in [-0.1, -0.05) is 0 Å². The molecule has 0 saturated carbocycles. The first kappa shape index (κ1) is 12.3. The molecule has 4 nitrogen and oxygen atoms in total. The number of hydrogen-bond acceptors (Lipinski definition) is 4. The third-order valence-corrected chi connectivity index (χ3v) is 2.25. The van der Waals surface area contributed by atoms with Gasteiger partial charge in [0.15, 0.2) is 0 Å². The van der Waals surface area contributed by atoms with Gasteiger partial charge in [0, 0.05) is 6.07 Å². The third kappa shape index (κ3) is 3.14. The molecule has 0 spiro atoms. The Morgan fingerprint density at radius 2 is 1.88 bits per heavy atom. The number of nitriles is 1. The number of rotatable bonds is 4. The lowest BCUT2D eigenvalue weighted by molar-refractivity contribution is 0.0603. The van der Waals surface area contributed by atoms with Crippen LogP contribution < -0.4 is 9.47 Å². The van der Waals surface area contributed by atoms with E-state index >= 15 is 0 Å². The van der Waals surface area contributed by atoms with Gasteiger partial charge in [0.1, 0.15) is 17.6 Å². The topological polar surface area (TPSA) is 62.5 Å². The van der Waals surface area contributed by atoms with Gasteiger partial charge in [-0.3, -0.25) is 0 Å². The fourth-order valence-electron chi connectivity index (χ4n) is 1.14. The van der Waals surface area contributed by atoms with Crippen LogP contribution in [-0.2, 0) is 0 Å². The highest BCUT2D eigenvalue weighted by Crippen LogP contribution is 2.23. The number of methoxy groups -OCH3 is 1. The Balaban J connectivity index is 2.92. The number of ether oxygens (including phenoxy) is 2. The van der Waals surface area contributed by atoms with Crippen molar-refractivity contribution in [1.29, 1.82) is 5.26 Å². The minimum Gasteiger partial charge on any atom is -0.497 e. The summed E-state index contributed by atoms with van der Waals surface area (Å²) in [7, 11) is 1.53. The van der Waals surface area contributed by atoms with E-state index < -0.39 is 6.10 Å². The minimum atomic E-state index is -0.572. The van der Waals surface area contributed by atoms with Crippen LogP contribution in [0.2, 0.25) is 0 Å². The van der Waals surface area contributed by atoms with Crippen molar-refractivity contribution < 1.29 is 14.6 Å². The minimum absolute atomic E-state index is 0.335. The van der Waals surface area contributed by atoms with E-state index in [9.17, 15) is 5.11 Å². The number of aliphatic hydroxyl groups is 1. The summed E-state index contributed by atoms with van der Waals surface area (Å²) in [5.41, 5.74) is 0.465. The van der Waals surface area contributed by atoms with Crippen LogP contribution in [0, 0.1) is 11.3 Å². The van der Waals surface area contributed by atoms with Crippen LogP contribution in [0.1, 0.15) is 19.4 Å². The van der Waals surface area contributed by atoms with E-state index in [0.29, 0.717) is 17.1 Å². The van der Waals surface area contributed by atoms with Gasteiger partial charge in [0.2, 0.25) is 0 Å². The quantitative estimate of drug-likeness (QED) is 0.840. The molecule has 0 aromatic heterocycles. The molecular weight excluding hydrogens is 206 g/mol. The summed E-state index contributed by atoms with van der Waals surface area (Å²) in [6, 6.07) is 6.94. The summed E-state index contributed by atoms with van der Waals surface area (Å²) in [4.78, 5) is 0. The molecule has 0 fully saturated rings. The van der Waals surface area contributed by atoms with Crippen LogP contribution in [0.15, 0.2) is 18.2 Å². The van der Waals surface area contributed by atoms with Crippen molar-refractivity contribution in [2.24, 2.45) is 0 Å². The lowest BCUT2D eigenvalue weighted by atomic mass is 10.2. The van der Waals surface area contributed by atoms with Crippen molar-refractivity contribution in [2.45, 2.75) is 26.1 Å². The molecule has 2 atom stereocenters. The summed E-state index contributed by atoms with van der Waals surface area (Å²) in [5.74, 6) is 1.08. The lowest BCUT2D eigenvalue weighted by Gasteiger charge is -2.17. The van der Waals surface area contributed by atoms with Gasteiger partial charge in [-0.25, -0.2) is 0 Å². The Morgan fingerprint density at radius 1 is 1.25 bits per heavy atom. The molecule has 16 heavy (non-hydrogen) atoms. The van der Waals surface area contributed by atoms with Gasteiger partial charge in [-0.15, -0.1) is 0 Å². The number of nitrogens with zero attached hydrogens (tertiary/aromatic N) is 1. The van der Waals surface area contributed by atoms with E-state index in [1.807, 2.05) is 6.07 Å². The van der Waals surface area contributed by atoms with Gasteiger partial charge >= 0.3 is 0 Å². The highest BCUT2D eigenvalue weighted by Gasteiger charge is 2.11. The van der Waals surface area contributed by atoms with E-state index in [1.165, 1.54) is 7.11 Å². The SMILES string of the molecule is COc1cc(C#N)cc(OC(C)C(C)O)c1. The van der Waals surface area contributed by atoms with E-state index in [4.69, 9.17) is 14.7 Å². The summed E-state index contributed by atoms with van der Waals surface area (Å²) < 4.78 is 10.5. The maximum Gasteiger partial charge on any atom is 0.124 e. The lowest BCUT2D eigenvalue weighted by Crippen LogP contribution is -2.25. The van der Waals surface area contributed by atoms with Crippen molar-refractivity contribution in [1.82, 2.24) is 0 Å². The van der Waals surface area contributed by atoms with Crippen molar-refractivity contribution in [2.75, 3.05) is 7.11 Å². The number of benzene rings is 1. The maximum atomic E-state index is 9.31. The van der Waals surface area contributed by atoms with Crippen molar-refractivity contribution in [3.05, 3.63) is 23.8 Å². The second-order valence-corrected chi connectivity index (χ2v) is 3.57. The van der Waals surface area contributed by atoms with Crippen molar-refractivity contribution >= 4 is 0 Å². The zero-order valence-electron chi connectivity index (χ0n) is 9.60. The summed E-state index contributed by atoms with van der Waals surface area (Å²) in [5, 5.41) is 18.1. The first-order chi connectivity index (χ1) is 7.56. The van der Waals surface area contributed by atoms with E-state index in [0.717, 1.165) is 0 Å². The average Bonchev–Trinajstić information content (AvgIpc) is 2.28. The third-order valence-electron chi connectivity index (χ3n) is 2.25. The van der Waals surface area contributed by atoms with Crippen LogP contribution in [0.4, 0.5) is 0 Å². The maximum absolute atomic E-state index is 9.31. The van der Waals surface area contributed by atoms with Crippen LogP contribution >= 0.6 is 0 Å². The highest BCUT2D eigenvalue weighted by molar-refractivity contribution is 5.43. The van der Waals surface area contributed by atoms with Gasteiger partial charge < -0.3 is 14.6 Å². The summed E-state index contributed by atoms with van der Waals surface area (Å²) in [6.07, 6.45) is -0.907. The molecule has 1 aromatic rings. The molecule has 1 N–H and O–H groups in total. The fourth-order valence-corrected chi connectivity index (χ4v) is 1.14. The van der Waals surface area contributed by atoms with Gasteiger partial charge in [-0.05, 0) is 26.0 Å². The molecule has 0 bridgehead atoms. The summed E-state index contributed by atoms with van der Waals surface area (Å²) >= 11 is 0. The number of aliphatic hydroxyl groups excluding tert-OH is 1. The normalized spacial score (nSPS) is 13.7. The Bertz CT molecular complexity index is 396. The number of hydrogen-bond donors (Lipinski definition) is 1.